The number of ether oxygens (including phenoxy) is 1. The summed E-state index contributed by atoms with van der Waals surface area (Å²) in [5.74, 6) is 0.522. The van der Waals surface area contributed by atoms with E-state index in [1.54, 1.807) is 0 Å². The first-order valence-corrected chi connectivity index (χ1v) is 12.4. The molecule has 2 atom stereocenters. The average Bonchev–Trinajstić information content (AvgIpc) is 3.23. The van der Waals surface area contributed by atoms with E-state index in [1.807, 2.05) is 6.07 Å². The molecule has 0 saturated carbocycles. The molecule has 0 N–H and O–H groups in total. The second-order valence-electron chi connectivity index (χ2n) is 9.31. The van der Waals surface area contributed by atoms with Crippen LogP contribution in [0.15, 0.2) is 103 Å². The summed E-state index contributed by atoms with van der Waals surface area (Å²) in [5, 5.41) is 2.69. The Bertz CT molecular complexity index is 1300. The lowest BCUT2D eigenvalue weighted by atomic mass is 9.89. The highest BCUT2D eigenvalue weighted by molar-refractivity contribution is 6.08. The van der Waals surface area contributed by atoms with E-state index in [2.05, 4.69) is 115 Å². The van der Waals surface area contributed by atoms with E-state index < -0.39 is 0 Å². The predicted octanol–water partition coefficient (Wildman–Crippen LogP) is 8.66. The van der Waals surface area contributed by atoms with Crippen LogP contribution in [0.25, 0.3) is 21.8 Å². The number of benzene rings is 4. The van der Waals surface area contributed by atoms with Crippen LogP contribution in [-0.4, -0.2) is 4.57 Å². The molecule has 0 bridgehead atoms. The number of nitrogens with zero attached hydrogens (tertiary/aromatic N) is 1. The average molecular weight is 448 g/mol. The number of hydrogen-bond donors (Lipinski definition) is 0. The molecule has 2 nitrogen and oxygen atoms in total. The molecule has 0 aliphatic carbocycles. The van der Waals surface area contributed by atoms with Gasteiger partial charge >= 0.3 is 0 Å². The van der Waals surface area contributed by atoms with Crippen LogP contribution in [0.3, 0.4) is 0 Å². The zero-order valence-electron chi connectivity index (χ0n) is 20.2. The predicted molar refractivity (Wildman–Crippen MR) is 143 cm³/mol. The number of para-hydroxylation sites is 2. The second-order valence-corrected chi connectivity index (χ2v) is 9.31. The zero-order chi connectivity index (χ0) is 23.3. The fraction of sp³-hybridized carbons (Fsp3) is 0.250. The normalized spacial score (nSPS) is 13.4. The molecule has 172 valence electrons. The maximum Gasteiger partial charge on any atom is 0.0721 e. The first kappa shape index (κ1) is 22.4. The molecule has 0 radical (unpaired) electrons. The fourth-order valence-corrected chi connectivity index (χ4v) is 5.23. The van der Waals surface area contributed by atoms with Crippen LogP contribution in [0.4, 0.5) is 0 Å². The minimum absolute atomic E-state index is 0.406. The molecule has 0 spiro atoms. The van der Waals surface area contributed by atoms with Gasteiger partial charge in [0.1, 0.15) is 0 Å². The highest BCUT2D eigenvalue weighted by atomic mass is 16.5. The third kappa shape index (κ3) is 4.64. The lowest BCUT2D eigenvalue weighted by molar-refractivity contribution is 0.107. The van der Waals surface area contributed by atoms with Crippen molar-refractivity contribution in [2.75, 3.05) is 0 Å². The molecular weight excluding hydrogens is 414 g/mol. The van der Waals surface area contributed by atoms with Crippen molar-refractivity contribution in [2.45, 2.75) is 51.9 Å². The summed E-state index contributed by atoms with van der Waals surface area (Å²) in [6, 6.07) is 37.4. The first-order chi connectivity index (χ1) is 16.7. The van der Waals surface area contributed by atoms with Crippen LogP contribution in [0.5, 0.6) is 0 Å². The highest BCUT2D eigenvalue weighted by Gasteiger charge is 2.19. The largest absolute Gasteiger partial charge is 0.372 e. The Kier molecular flexibility index (Phi) is 6.78. The summed E-state index contributed by atoms with van der Waals surface area (Å²) in [5.41, 5.74) is 6.52. The Morgan fingerprint density at radius 2 is 1.18 bits per heavy atom. The smallest absolute Gasteiger partial charge is 0.0721 e. The molecule has 0 aliphatic heterocycles. The standard InChI is InChI=1S/C32H33NO/c1-3-27(28-19-17-26(18-20-28)23-34-22-25-11-5-4-6-12-25)21-24(2)33-31-15-9-7-13-29(31)30-14-8-10-16-32(30)33/h4-20,24,27H,3,21-23H2,1-2H3. The van der Waals surface area contributed by atoms with Gasteiger partial charge in [0.15, 0.2) is 0 Å². The summed E-state index contributed by atoms with van der Waals surface area (Å²) in [6.45, 7) is 5.97. The summed E-state index contributed by atoms with van der Waals surface area (Å²) < 4.78 is 8.47. The molecule has 0 amide bonds. The first-order valence-electron chi connectivity index (χ1n) is 12.4. The molecule has 0 saturated heterocycles. The van der Waals surface area contributed by atoms with E-state index in [-0.39, 0.29) is 0 Å². The summed E-state index contributed by atoms with van der Waals surface area (Å²) in [6.07, 6.45) is 2.24. The number of hydrogen-bond acceptors (Lipinski definition) is 1. The van der Waals surface area contributed by atoms with E-state index in [0.717, 1.165) is 12.8 Å². The molecule has 2 heteroatoms. The van der Waals surface area contributed by atoms with Crippen molar-refractivity contribution in [2.24, 2.45) is 0 Å². The van der Waals surface area contributed by atoms with Gasteiger partial charge in [-0.2, -0.15) is 0 Å². The van der Waals surface area contributed by atoms with Gasteiger partial charge in [-0.15, -0.1) is 0 Å². The number of rotatable bonds is 9. The Balaban J connectivity index is 1.30. The quantitative estimate of drug-likeness (QED) is 0.220. The van der Waals surface area contributed by atoms with Gasteiger partial charge in [0.2, 0.25) is 0 Å². The van der Waals surface area contributed by atoms with Gasteiger partial charge in [-0.1, -0.05) is 97.9 Å². The van der Waals surface area contributed by atoms with Gasteiger partial charge in [0.25, 0.3) is 0 Å². The van der Waals surface area contributed by atoms with Gasteiger partial charge in [0, 0.05) is 27.8 Å². The zero-order valence-corrected chi connectivity index (χ0v) is 20.2. The minimum atomic E-state index is 0.406. The van der Waals surface area contributed by atoms with Crippen molar-refractivity contribution in [3.8, 4) is 0 Å². The van der Waals surface area contributed by atoms with Crippen LogP contribution in [-0.2, 0) is 18.0 Å². The Labute approximate surface area is 202 Å². The molecule has 1 aromatic heterocycles. The van der Waals surface area contributed by atoms with Gasteiger partial charge in [-0.25, -0.2) is 0 Å². The van der Waals surface area contributed by atoms with E-state index in [0.29, 0.717) is 25.2 Å². The molecule has 34 heavy (non-hydrogen) atoms. The molecule has 5 rings (SSSR count). The monoisotopic (exact) mass is 447 g/mol. The number of aromatic nitrogens is 1. The van der Waals surface area contributed by atoms with Crippen molar-refractivity contribution in [3.05, 3.63) is 120 Å². The van der Waals surface area contributed by atoms with Gasteiger partial charge in [-0.3, -0.25) is 0 Å². The van der Waals surface area contributed by atoms with Crippen molar-refractivity contribution in [1.82, 2.24) is 4.57 Å². The lowest BCUT2D eigenvalue weighted by Gasteiger charge is -2.23. The topological polar surface area (TPSA) is 14.2 Å². The third-order valence-corrected chi connectivity index (χ3v) is 7.01. The molecule has 5 aromatic rings. The van der Waals surface area contributed by atoms with Crippen LogP contribution >= 0.6 is 0 Å². The van der Waals surface area contributed by atoms with E-state index in [9.17, 15) is 0 Å². The van der Waals surface area contributed by atoms with Crippen LogP contribution in [0, 0.1) is 0 Å². The van der Waals surface area contributed by atoms with E-state index in [1.165, 1.54) is 38.5 Å². The summed E-state index contributed by atoms with van der Waals surface area (Å²) in [4.78, 5) is 0. The third-order valence-electron chi connectivity index (χ3n) is 7.01. The van der Waals surface area contributed by atoms with Gasteiger partial charge in [0.05, 0.1) is 13.2 Å². The molecule has 1 heterocycles. The van der Waals surface area contributed by atoms with Crippen LogP contribution in [0.1, 0.15) is 55.3 Å². The lowest BCUT2D eigenvalue weighted by Crippen LogP contribution is -2.10. The molecule has 2 unspecified atom stereocenters. The molecular formula is C32H33NO. The van der Waals surface area contributed by atoms with Crippen molar-refractivity contribution >= 4 is 21.8 Å². The van der Waals surface area contributed by atoms with E-state index in [4.69, 9.17) is 4.74 Å². The van der Waals surface area contributed by atoms with Gasteiger partial charge < -0.3 is 9.30 Å². The Morgan fingerprint density at radius 3 is 1.76 bits per heavy atom. The Hall–Kier alpha value is -3.36. The van der Waals surface area contributed by atoms with Crippen LogP contribution < -0.4 is 0 Å². The van der Waals surface area contributed by atoms with Gasteiger partial charge in [-0.05, 0) is 54.5 Å². The Morgan fingerprint density at radius 1 is 0.647 bits per heavy atom. The maximum atomic E-state index is 5.92. The summed E-state index contributed by atoms with van der Waals surface area (Å²) in [7, 11) is 0. The second kappa shape index (κ2) is 10.3. The van der Waals surface area contributed by atoms with Crippen LogP contribution in [0.2, 0.25) is 0 Å². The number of fused-ring (bicyclic) bond motifs is 3. The fourth-order valence-electron chi connectivity index (χ4n) is 5.23. The minimum Gasteiger partial charge on any atom is -0.372 e. The van der Waals surface area contributed by atoms with Crippen molar-refractivity contribution < 1.29 is 4.74 Å². The van der Waals surface area contributed by atoms with Crippen molar-refractivity contribution in [3.63, 3.8) is 0 Å². The highest BCUT2D eigenvalue weighted by Crippen LogP contribution is 2.36. The molecule has 0 aliphatic rings. The van der Waals surface area contributed by atoms with E-state index >= 15 is 0 Å². The maximum absolute atomic E-state index is 5.92. The van der Waals surface area contributed by atoms with Crippen molar-refractivity contribution in [1.29, 1.82) is 0 Å². The molecule has 4 aromatic carbocycles. The summed E-state index contributed by atoms with van der Waals surface area (Å²) >= 11 is 0. The molecule has 0 fully saturated rings. The SMILES string of the molecule is CCC(CC(C)n1c2ccccc2c2ccccc21)c1ccc(COCc2ccccc2)cc1.